The fraction of sp³-hybridized carbons (Fsp3) is 0.182. The third kappa shape index (κ3) is 2.17. The van der Waals surface area contributed by atoms with Gasteiger partial charge in [0.15, 0.2) is 0 Å². The maximum Gasteiger partial charge on any atom is 0.139 e. The minimum atomic E-state index is 0.403. The molecule has 3 nitrogen and oxygen atoms in total. The first kappa shape index (κ1) is 12.7. The Hall–Kier alpha value is -0.710. The summed E-state index contributed by atoms with van der Waals surface area (Å²) in [5.74, 6) is 0.554. The maximum atomic E-state index is 6.24. The van der Waals surface area contributed by atoms with Crippen LogP contribution in [-0.2, 0) is 7.05 Å². The molecule has 6 heteroatoms. The smallest absolute Gasteiger partial charge is 0.139 e. The number of nitrogens with zero attached hydrogens (tertiary/aromatic N) is 2. The van der Waals surface area contributed by atoms with E-state index in [0.29, 0.717) is 15.8 Å². The molecule has 1 aromatic carbocycles. The van der Waals surface area contributed by atoms with E-state index in [0.717, 1.165) is 15.9 Å². The number of hydrogen-bond acceptors (Lipinski definition) is 2. The Bertz CT molecular complexity index is 549. The van der Waals surface area contributed by atoms with Crippen LogP contribution < -0.4 is 4.74 Å². The number of halogens is 3. The molecule has 1 heterocycles. The molecular weight excluding hydrogens is 327 g/mol. The van der Waals surface area contributed by atoms with Crippen molar-refractivity contribution in [1.29, 1.82) is 0 Å². The Balaban J connectivity index is 2.66. The zero-order valence-corrected chi connectivity index (χ0v) is 12.3. The van der Waals surface area contributed by atoms with Crippen LogP contribution in [0.2, 0.25) is 10.0 Å². The number of ether oxygens (including phenoxy) is 1. The van der Waals surface area contributed by atoms with Gasteiger partial charge in [0.1, 0.15) is 15.4 Å². The Kier molecular flexibility index (Phi) is 3.66. The van der Waals surface area contributed by atoms with E-state index in [-0.39, 0.29) is 0 Å². The number of aryl methyl sites for hydroxylation is 1. The fourth-order valence-electron chi connectivity index (χ4n) is 1.58. The average molecular weight is 336 g/mol. The van der Waals surface area contributed by atoms with Gasteiger partial charge >= 0.3 is 0 Å². The van der Waals surface area contributed by atoms with E-state index in [2.05, 4.69) is 20.9 Å². The number of methoxy groups -OCH3 is 1. The summed E-state index contributed by atoms with van der Waals surface area (Å²) in [6, 6.07) is 3.64. The third-order valence-electron chi connectivity index (χ3n) is 2.41. The van der Waals surface area contributed by atoms with Crippen molar-refractivity contribution in [2.75, 3.05) is 7.11 Å². The molecule has 0 unspecified atom stereocenters. The molecule has 0 N–H and O–H groups in total. The standard InChI is InChI=1S/C11H9BrCl2N2O/c1-16-5-15-11(12)10(16)6-3-4-7(17-2)9(14)8(6)13/h3-5H,1-2H3. The topological polar surface area (TPSA) is 27.1 Å². The first-order valence-electron chi connectivity index (χ1n) is 4.75. The highest BCUT2D eigenvalue weighted by atomic mass is 79.9. The molecule has 0 aliphatic rings. The normalized spacial score (nSPS) is 10.6. The van der Waals surface area contributed by atoms with Gasteiger partial charge in [-0.15, -0.1) is 0 Å². The summed E-state index contributed by atoms with van der Waals surface area (Å²) in [7, 11) is 3.44. The lowest BCUT2D eigenvalue weighted by Gasteiger charge is -2.10. The molecule has 0 atom stereocenters. The molecule has 0 radical (unpaired) electrons. The van der Waals surface area contributed by atoms with E-state index in [4.69, 9.17) is 27.9 Å². The fourth-order valence-corrected chi connectivity index (χ4v) is 2.65. The molecule has 90 valence electrons. The van der Waals surface area contributed by atoms with Crippen LogP contribution in [0.3, 0.4) is 0 Å². The van der Waals surface area contributed by atoms with Gasteiger partial charge in [0, 0.05) is 12.6 Å². The van der Waals surface area contributed by atoms with E-state index in [1.807, 2.05) is 17.7 Å². The predicted molar refractivity (Wildman–Crippen MR) is 72.9 cm³/mol. The molecule has 17 heavy (non-hydrogen) atoms. The Labute approximate surface area is 117 Å². The molecular formula is C11H9BrCl2N2O. The van der Waals surface area contributed by atoms with Crippen LogP contribution in [-0.4, -0.2) is 16.7 Å². The summed E-state index contributed by atoms with van der Waals surface area (Å²) in [5.41, 5.74) is 1.68. The van der Waals surface area contributed by atoms with Crippen LogP contribution in [0.1, 0.15) is 0 Å². The SMILES string of the molecule is COc1ccc(-c2c(Br)ncn2C)c(Cl)c1Cl. The van der Waals surface area contributed by atoms with Gasteiger partial charge in [0.2, 0.25) is 0 Å². The summed E-state index contributed by atoms with van der Waals surface area (Å²) in [6.07, 6.45) is 1.70. The van der Waals surface area contributed by atoms with E-state index in [9.17, 15) is 0 Å². The van der Waals surface area contributed by atoms with E-state index >= 15 is 0 Å². The number of rotatable bonds is 2. The van der Waals surface area contributed by atoms with Crippen molar-refractivity contribution in [3.8, 4) is 17.0 Å². The first-order valence-corrected chi connectivity index (χ1v) is 6.30. The lowest BCUT2D eigenvalue weighted by Crippen LogP contribution is -1.93. The summed E-state index contributed by atoms with van der Waals surface area (Å²) >= 11 is 15.7. The Morgan fingerprint density at radius 3 is 2.53 bits per heavy atom. The molecule has 0 aliphatic heterocycles. The van der Waals surface area contributed by atoms with Crippen LogP contribution in [0, 0.1) is 0 Å². The molecule has 0 amide bonds. The van der Waals surface area contributed by atoms with Crippen molar-refractivity contribution < 1.29 is 4.74 Å². The maximum absolute atomic E-state index is 6.24. The van der Waals surface area contributed by atoms with Crippen LogP contribution >= 0.6 is 39.1 Å². The molecule has 0 spiro atoms. The van der Waals surface area contributed by atoms with Crippen molar-refractivity contribution >= 4 is 39.1 Å². The summed E-state index contributed by atoms with van der Waals surface area (Å²) < 4.78 is 7.70. The zero-order chi connectivity index (χ0) is 12.6. The summed E-state index contributed by atoms with van der Waals surface area (Å²) in [5, 5.41) is 0.857. The minimum Gasteiger partial charge on any atom is -0.495 e. The molecule has 0 bridgehead atoms. The zero-order valence-electron chi connectivity index (χ0n) is 9.17. The average Bonchev–Trinajstić information content (AvgIpc) is 2.63. The number of aromatic nitrogens is 2. The highest BCUT2D eigenvalue weighted by Crippen LogP contribution is 2.40. The quantitative estimate of drug-likeness (QED) is 0.823. The van der Waals surface area contributed by atoms with Crippen LogP contribution in [0.4, 0.5) is 0 Å². The molecule has 0 fully saturated rings. The largest absolute Gasteiger partial charge is 0.495 e. The van der Waals surface area contributed by atoms with E-state index in [1.165, 1.54) is 0 Å². The van der Waals surface area contributed by atoms with Crippen molar-refractivity contribution in [2.45, 2.75) is 0 Å². The van der Waals surface area contributed by atoms with E-state index < -0.39 is 0 Å². The van der Waals surface area contributed by atoms with Gasteiger partial charge in [-0.25, -0.2) is 4.98 Å². The highest BCUT2D eigenvalue weighted by molar-refractivity contribution is 9.10. The predicted octanol–water partition coefficient (Wildman–Crippen LogP) is 4.17. The highest BCUT2D eigenvalue weighted by Gasteiger charge is 2.16. The van der Waals surface area contributed by atoms with Crippen LogP contribution in [0.5, 0.6) is 5.75 Å². The second kappa shape index (κ2) is 4.88. The van der Waals surface area contributed by atoms with Crippen LogP contribution in [0.25, 0.3) is 11.3 Å². The van der Waals surface area contributed by atoms with Gasteiger partial charge in [0.25, 0.3) is 0 Å². The van der Waals surface area contributed by atoms with Gasteiger partial charge in [-0.2, -0.15) is 0 Å². The molecule has 0 saturated carbocycles. The minimum absolute atomic E-state index is 0.403. The van der Waals surface area contributed by atoms with Gasteiger partial charge < -0.3 is 9.30 Å². The first-order chi connectivity index (χ1) is 8.06. The summed E-state index contributed by atoms with van der Waals surface area (Å²) in [4.78, 5) is 4.15. The third-order valence-corrected chi connectivity index (χ3v) is 3.86. The van der Waals surface area contributed by atoms with E-state index in [1.54, 1.807) is 19.5 Å². The Morgan fingerprint density at radius 1 is 1.29 bits per heavy atom. The monoisotopic (exact) mass is 334 g/mol. The second-order valence-electron chi connectivity index (χ2n) is 3.44. The number of benzene rings is 1. The van der Waals surface area contributed by atoms with Crippen molar-refractivity contribution in [2.24, 2.45) is 7.05 Å². The molecule has 2 aromatic rings. The van der Waals surface area contributed by atoms with Crippen LogP contribution in [0.15, 0.2) is 23.1 Å². The van der Waals surface area contributed by atoms with Crippen molar-refractivity contribution in [3.05, 3.63) is 33.1 Å². The van der Waals surface area contributed by atoms with Gasteiger partial charge in [0.05, 0.1) is 24.2 Å². The molecule has 0 saturated heterocycles. The second-order valence-corrected chi connectivity index (χ2v) is 4.95. The van der Waals surface area contributed by atoms with Gasteiger partial charge in [-0.1, -0.05) is 23.2 Å². The van der Waals surface area contributed by atoms with Crippen molar-refractivity contribution in [3.63, 3.8) is 0 Å². The number of hydrogen-bond donors (Lipinski definition) is 0. The van der Waals surface area contributed by atoms with Gasteiger partial charge in [-0.05, 0) is 28.1 Å². The summed E-state index contributed by atoms with van der Waals surface area (Å²) in [6.45, 7) is 0. The number of imidazole rings is 1. The molecule has 2 rings (SSSR count). The Morgan fingerprint density at radius 2 is 2.00 bits per heavy atom. The lowest BCUT2D eigenvalue weighted by molar-refractivity contribution is 0.415. The van der Waals surface area contributed by atoms with Gasteiger partial charge in [-0.3, -0.25) is 0 Å². The lowest BCUT2D eigenvalue weighted by atomic mass is 10.1. The molecule has 0 aliphatic carbocycles. The van der Waals surface area contributed by atoms with Crippen molar-refractivity contribution in [1.82, 2.24) is 9.55 Å². The molecule has 1 aromatic heterocycles.